The zero-order valence-corrected chi connectivity index (χ0v) is 13.4. The number of carbonyl (C=O) groups excluding carboxylic acids is 1. The van der Waals surface area contributed by atoms with E-state index in [-0.39, 0.29) is 11.9 Å². The number of tetrazole rings is 1. The van der Waals surface area contributed by atoms with Crippen LogP contribution in [0.4, 0.5) is 0 Å². The number of nitrogens with one attached hydrogen (secondary N) is 2. The van der Waals surface area contributed by atoms with Gasteiger partial charge in [0.25, 0.3) is 5.91 Å². The van der Waals surface area contributed by atoms with Crippen molar-refractivity contribution >= 4 is 16.9 Å². The summed E-state index contributed by atoms with van der Waals surface area (Å²) in [5, 5.41) is 14.7. The quantitative estimate of drug-likeness (QED) is 0.595. The van der Waals surface area contributed by atoms with Crippen molar-refractivity contribution in [1.29, 1.82) is 0 Å². The number of amides is 1. The van der Waals surface area contributed by atoms with Crippen LogP contribution in [0.3, 0.4) is 0 Å². The molecule has 4 rings (SSSR count). The number of hydrogen-bond donors (Lipinski definition) is 2. The first kappa shape index (κ1) is 15.0. The minimum atomic E-state index is -0.361. The highest BCUT2D eigenvalue weighted by Crippen LogP contribution is 2.16. The van der Waals surface area contributed by atoms with E-state index >= 15 is 0 Å². The lowest BCUT2D eigenvalue weighted by atomic mass is 10.1. The number of imidazole rings is 1. The van der Waals surface area contributed by atoms with E-state index in [1.54, 1.807) is 29.2 Å². The van der Waals surface area contributed by atoms with Gasteiger partial charge in [-0.25, -0.2) is 4.98 Å². The van der Waals surface area contributed by atoms with Crippen LogP contribution in [0.15, 0.2) is 54.9 Å². The fourth-order valence-corrected chi connectivity index (χ4v) is 2.64. The van der Waals surface area contributed by atoms with Gasteiger partial charge in [0.05, 0.1) is 29.1 Å². The van der Waals surface area contributed by atoms with E-state index in [1.807, 2.05) is 37.3 Å². The number of H-pyrrole nitrogens is 1. The third-order valence-electron chi connectivity index (χ3n) is 3.91. The number of aromatic amines is 1. The van der Waals surface area contributed by atoms with Gasteiger partial charge in [-0.05, 0) is 47.7 Å². The maximum Gasteiger partial charge on any atom is 0.251 e. The van der Waals surface area contributed by atoms with Crippen LogP contribution in [0.5, 0.6) is 0 Å². The second kappa shape index (κ2) is 6.16. The predicted octanol–water partition coefficient (Wildman–Crippen LogP) is 2.03. The third-order valence-corrected chi connectivity index (χ3v) is 3.91. The van der Waals surface area contributed by atoms with E-state index in [9.17, 15) is 4.79 Å². The van der Waals surface area contributed by atoms with Crippen molar-refractivity contribution in [3.63, 3.8) is 0 Å². The van der Waals surface area contributed by atoms with Gasteiger partial charge in [-0.2, -0.15) is 4.68 Å². The summed E-state index contributed by atoms with van der Waals surface area (Å²) in [6.45, 7) is 1.85. The van der Waals surface area contributed by atoms with Crippen LogP contribution in [0.2, 0.25) is 0 Å². The molecule has 2 heterocycles. The highest BCUT2D eigenvalue weighted by molar-refractivity contribution is 5.97. The van der Waals surface area contributed by atoms with Gasteiger partial charge in [0.2, 0.25) is 0 Å². The van der Waals surface area contributed by atoms with Crippen molar-refractivity contribution < 1.29 is 4.79 Å². The molecule has 1 amide bonds. The molecular formula is C17H15N7O. The lowest BCUT2D eigenvalue weighted by Gasteiger charge is -2.13. The van der Waals surface area contributed by atoms with Gasteiger partial charge in [0.15, 0.2) is 5.82 Å². The number of hydrogen-bond acceptors (Lipinski definition) is 5. The molecule has 0 spiro atoms. The molecule has 8 nitrogen and oxygen atoms in total. The zero-order chi connectivity index (χ0) is 17.2. The number of para-hydroxylation sites is 1. The summed E-state index contributed by atoms with van der Waals surface area (Å²) in [7, 11) is 0. The first-order valence-electron chi connectivity index (χ1n) is 7.80. The summed E-state index contributed by atoms with van der Waals surface area (Å²) >= 11 is 0. The molecule has 4 aromatic rings. The number of aromatic nitrogens is 6. The SMILES string of the molecule is C[C@@H](NC(=O)c1ccc2nc[nH]c2c1)c1nnnn1-c1ccccc1. The molecule has 0 saturated heterocycles. The van der Waals surface area contributed by atoms with Crippen LogP contribution < -0.4 is 5.32 Å². The maximum atomic E-state index is 12.5. The van der Waals surface area contributed by atoms with E-state index in [0.717, 1.165) is 16.7 Å². The summed E-state index contributed by atoms with van der Waals surface area (Å²) in [4.78, 5) is 19.7. The number of carbonyl (C=O) groups is 1. The molecule has 8 heteroatoms. The summed E-state index contributed by atoms with van der Waals surface area (Å²) in [5.74, 6) is 0.355. The fourth-order valence-electron chi connectivity index (χ4n) is 2.64. The average molecular weight is 333 g/mol. The number of rotatable bonds is 4. The Kier molecular flexibility index (Phi) is 3.70. The average Bonchev–Trinajstić information content (AvgIpc) is 3.31. The van der Waals surface area contributed by atoms with Crippen LogP contribution >= 0.6 is 0 Å². The fraction of sp³-hybridized carbons (Fsp3) is 0.118. The Balaban J connectivity index is 1.57. The van der Waals surface area contributed by atoms with Crippen molar-refractivity contribution in [2.75, 3.05) is 0 Å². The van der Waals surface area contributed by atoms with Crippen LogP contribution in [0.25, 0.3) is 16.7 Å². The molecule has 0 unspecified atom stereocenters. The van der Waals surface area contributed by atoms with Gasteiger partial charge in [0, 0.05) is 5.56 Å². The largest absolute Gasteiger partial charge is 0.345 e. The molecule has 2 N–H and O–H groups in total. The van der Waals surface area contributed by atoms with Crippen LogP contribution in [-0.4, -0.2) is 36.1 Å². The van der Waals surface area contributed by atoms with Gasteiger partial charge < -0.3 is 10.3 Å². The van der Waals surface area contributed by atoms with Crippen LogP contribution in [0.1, 0.15) is 29.1 Å². The van der Waals surface area contributed by atoms with Gasteiger partial charge in [0.1, 0.15) is 0 Å². The molecule has 1 atom stereocenters. The Morgan fingerprint density at radius 3 is 2.88 bits per heavy atom. The van der Waals surface area contributed by atoms with E-state index in [4.69, 9.17) is 0 Å². The molecule has 0 aliphatic heterocycles. The Morgan fingerprint density at radius 2 is 2.04 bits per heavy atom. The van der Waals surface area contributed by atoms with E-state index in [0.29, 0.717) is 11.4 Å². The minimum Gasteiger partial charge on any atom is -0.345 e. The summed E-state index contributed by atoms with van der Waals surface area (Å²) in [6, 6.07) is 14.5. The van der Waals surface area contributed by atoms with Crippen molar-refractivity contribution in [3.8, 4) is 5.69 Å². The predicted molar refractivity (Wildman–Crippen MR) is 91.1 cm³/mol. The maximum absolute atomic E-state index is 12.5. The van der Waals surface area contributed by atoms with Gasteiger partial charge >= 0.3 is 0 Å². The van der Waals surface area contributed by atoms with E-state index in [2.05, 4.69) is 30.8 Å². The van der Waals surface area contributed by atoms with Crippen LogP contribution in [0, 0.1) is 0 Å². The molecule has 0 radical (unpaired) electrons. The Labute approximate surface area is 142 Å². The van der Waals surface area contributed by atoms with Crippen molar-refractivity contribution in [1.82, 2.24) is 35.5 Å². The summed E-state index contributed by atoms with van der Waals surface area (Å²) in [5.41, 5.74) is 3.01. The topological polar surface area (TPSA) is 101 Å². The lowest BCUT2D eigenvalue weighted by molar-refractivity contribution is 0.0938. The molecule has 2 aromatic carbocycles. The highest BCUT2D eigenvalue weighted by atomic mass is 16.1. The molecule has 0 bridgehead atoms. The Hall–Kier alpha value is -3.55. The van der Waals surface area contributed by atoms with Crippen molar-refractivity contribution in [2.45, 2.75) is 13.0 Å². The van der Waals surface area contributed by atoms with E-state index in [1.165, 1.54) is 0 Å². The van der Waals surface area contributed by atoms with Gasteiger partial charge in [-0.15, -0.1) is 5.10 Å². The number of benzene rings is 2. The molecule has 0 aliphatic carbocycles. The van der Waals surface area contributed by atoms with Gasteiger partial charge in [-0.1, -0.05) is 18.2 Å². The second-order valence-corrected chi connectivity index (χ2v) is 5.61. The second-order valence-electron chi connectivity index (χ2n) is 5.61. The zero-order valence-electron chi connectivity index (χ0n) is 13.4. The number of fused-ring (bicyclic) bond motifs is 1. The molecule has 2 aromatic heterocycles. The summed E-state index contributed by atoms with van der Waals surface area (Å²) in [6.07, 6.45) is 1.60. The highest BCUT2D eigenvalue weighted by Gasteiger charge is 2.19. The number of nitrogens with zero attached hydrogens (tertiary/aromatic N) is 5. The Bertz CT molecular complexity index is 1020. The molecule has 0 aliphatic rings. The lowest BCUT2D eigenvalue weighted by Crippen LogP contribution is -2.28. The standard InChI is InChI=1S/C17H15N7O/c1-11(16-21-22-23-24(16)13-5-3-2-4-6-13)20-17(25)12-7-8-14-15(9-12)19-10-18-14/h2-11H,1H3,(H,18,19)(H,20,25)/t11-/m1/s1. The molecule has 0 saturated carbocycles. The third kappa shape index (κ3) is 2.85. The van der Waals surface area contributed by atoms with Crippen molar-refractivity contribution in [2.24, 2.45) is 0 Å². The molecule has 124 valence electrons. The Morgan fingerprint density at radius 1 is 1.20 bits per heavy atom. The summed E-state index contributed by atoms with van der Waals surface area (Å²) < 4.78 is 1.61. The first-order chi connectivity index (χ1) is 12.2. The monoisotopic (exact) mass is 333 g/mol. The van der Waals surface area contributed by atoms with Crippen LogP contribution in [-0.2, 0) is 0 Å². The first-order valence-corrected chi connectivity index (χ1v) is 7.80. The molecular weight excluding hydrogens is 318 g/mol. The van der Waals surface area contributed by atoms with Crippen molar-refractivity contribution in [3.05, 3.63) is 66.2 Å². The minimum absolute atomic E-state index is 0.202. The molecule has 25 heavy (non-hydrogen) atoms. The normalized spacial score (nSPS) is 12.2. The van der Waals surface area contributed by atoms with Gasteiger partial charge in [-0.3, -0.25) is 4.79 Å². The van der Waals surface area contributed by atoms with E-state index < -0.39 is 0 Å². The smallest absolute Gasteiger partial charge is 0.251 e. The molecule has 0 fully saturated rings.